The molecule has 0 aliphatic carbocycles. The number of hydrogen-bond acceptors (Lipinski definition) is 3. The van der Waals surface area contributed by atoms with Crippen LogP contribution in [0.2, 0.25) is 0 Å². The summed E-state index contributed by atoms with van der Waals surface area (Å²) in [6.07, 6.45) is 0.939. The first-order valence-corrected chi connectivity index (χ1v) is 6.32. The van der Waals surface area contributed by atoms with E-state index in [1.165, 1.54) is 0 Å². The Kier molecular flexibility index (Phi) is 6.72. The average Bonchev–Trinajstić information content (AvgIpc) is 2.10. The molecule has 4 heteroatoms. The molecule has 0 spiro atoms. The van der Waals surface area contributed by atoms with Gasteiger partial charge in [0.05, 0.1) is 6.10 Å². The van der Waals surface area contributed by atoms with E-state index in [-0.39, 0.29) is 11.3 Å². The second kappa shape index (κ2) is 6.97. The van der Waals surface area contributed by atoms with E-state index in [2.05, 4.69) is 33.0 Å². The van der Waals surface area contributed by atoms with Gasteiger partial charge in [-0.25, -0.2) is 0 Å². The molecule has 102 valence electrons. The van der Waals surface area contributed by atoms with Gasteiger partial charge in [-0.15, -0.1) is 0 Å². The van der Waals surface area contributed by atoms with Gasteiger partial charge in [0.2, 0.25) is 5.91 Å². The first kappa shape index (κ1) is 16.4. The second-order valence-corrected chi connectivity index (χ2v) is 6.28. The van der Waals surface area contributed by atoms with Crippen molar-refractivity contribution in [3.05, 3.63) is 0 Å². The topological polar surface area (TPSA) is 75.4 Å². The molecule has 0 saturated heterocycles. The molecule has 4 N–H and O–H groups in total. The predicted molar refractivity (Wildman–Crippen MR) is 70.5 cm³/mol. The van der Waals surface area contributed by atoms with Crippen LogP contribution < -0.4 is 11.1 Å². The Bertz CT molecular complexity index is 234. The second-order valence-electron chi connectivity index (χ2n) is 6.28. The van der Waals surface area contributed by atoms with Crippen LogP contribution in [0.5, 0.6) is 0 Å². The van der Waals surface area contributed by atoms with Gasteiger partial charge in [0.15, 0.2) is 0 Å². The molecule has 0 aromatic rings. The van der Waals surface area contributed by atoms with Gasteiger partial charge in [-0.1, -0.05) is 27.7 Å². The number of aliphatic hydroxyl groups is 1. The van der Waals surface area contributed by atoms with Gasteiger partial charge < -0.3 is 16.2 Å². The Morgan fingerprint density at radius 2 is 1.88 bits per heavy atom. The number of nitrogens with two attached hydrogens (primary N) is 1. The molecule has 0 bridgehead atoms. The van der Waals surface area contributed by atoms with Crippen LogP contribution in [0.4, 0.5) is 0 Å². The quantitative estimate of drug-likeness (QED) is 0.658. The standard InChI is InChI=1S/C13H28N2O2/c1-9(7-13(3,4)5)6-12(17)15-8-11(14)10(2)16/h9-11,16H,6-8,14H2,1-5H3,(H,15,17). The zero-order valence-corrected chi connectivity index (χ0v) is 11.8. The molecule has 0 aromatic heterocycles. The van der Waals surface area contributed by atoms with Crippen LogP contribution in [0.15, 0.2) is 0 Å². The van der Waals surface area contributed by atoms with Crippen LogP contribution in [0.1, 0.15) is 47.5 Å². The van der Waals surface area contributed by atoms with Gasteiger partial charge >= 0.3 is 0 Å². The molecule has 0 aromatic carbocycles. The molecule has 3 atom stereocenters. The largest absolute Gasteiger partial charge is 0.392 e. The van der Waals surface area contributed by atoms with Gasteiger partial charge in [-0.05, 0) is 24.7 Å². The Morgan fingerprint density at radius 1 is 1.35 bits per heavy atom. The van der Waals surface area contributed by atoms with E-state index in [4.69, 9.17) is 5.73 Å². The number of aliphatic hydroxyl groups excluding tert-OH is 1. The molecule has 0 fully saturated rings. The molecule has 0 heterocycles. The Morgan fingerprint density at radius 3 is 2.29 bits per heavy atom. The fourth-order valence-corrected chi connectivity index (χ4v) is 1.91. The summed E-state index contributed by atoms with van der Waals surface area (Å²) in [5, 5.41) is 11.9. The molecule has 3 unspecified atom stereocenters. The zero-order chi connectivity index (χ0) is 13.6. The average molecular weight is 244 g/mol. The van der Waals surface area contributed by atoms with Crippen molar-refractivity contribution in [2.45, 2.75) is 59.6 Å². The lowest BCUT2D eigenvalue weighted by molar-refractivity contribution is -0.122. The predicted octanol–water partition coefficient (Wildman–Crippen LogP) is 1.27. The SMILES string of the molecule is CC(CC(=O)NCC(N)C(C)O)CC(C)(C)C. The van der Waals surface area contributed by atoms with E-state index in [0.29, 0.717) is 18.9 Å². The first-order valence-electron chi connectivity index (χ1n) is 6.32. The monoisotopic (exact) mass is 244 g/mol. The smallest absolute Gasteiger partial charge is 0.220 e. The fourth-order valence-electron chi connectivity index (χ4n) is 1.91. The van der Waals surface area contributed by atoms with Gasteiger partial charge in [0.1, 0.15) is 0 Å². The number of hydrogen-bond donors (Lipinski definition) is 3. The molecular weight excluding hydrogens is 216 g/mol. The normalized spacial score (nSPS) is 17.4. The third-order valence-corrected chi connectivity index (χ3v) is 2.65. The minimum atomic E-state index is -0.595. The van der Waals surface area contributed by atoms with E-state index in [1.54, 1.807) is 6.92 Å². The maximum absolute atomic E-state index is 11.6. The molecule has 0 rings (SSSR count). The minimum absolute atomic E-state index is 0.0119. The minimum Gasteiger partial charge on any atom is -0.392 e. The molecule has 0 aliphatic heterocycles. The maximum atomic E-state index is 11.6. The summed E-state index contributed by atoms with van der Waals surface area (Å²) in [5.74, 6) is 0.371. The van der Waals surface area contributed by atoms with E-state index >= 15 is 0 Å². The van der Waals surface area contributed by atoms with Crippen LogP contribution in [-0.4, -0.2) is 29.7 Å². The number of carbonyl (C=O) groups excluding carboxylic acids is 1. The van der Waals surface area contributed by atoms with Crippen LogP contribution in [-0.2, 0) is 4.79 Å². The van der Waals surface area contributed by atoms with E-state index in [0.717, 1.165) is 6.42 Å². The molecular formula is C13H28N2O2. The third kappa shape index (κ3) is 9.12. The van der Waals surface area contributed by atoms with E-state index < -0.39 is 12.1 Å². The summed E-state index contributed by atoms with van der Waals surface area (Å²) in [6, 6.07) is -0.392. The lowest BCUT2D eigenvalue weighted by Gasteiger charge is -2.23. The van der Waals surface area contributed by atoms with Gasteiger partial charge in [-0.3, -0.25) is 4.79 Å². The summed E-state index contributed by atoms with van der Waals surface area (Å²) < 4.78 is 0. The van der Waals surface area contributed by atoms with Crippen molar-refractivity contribution in [3.63, 3.8) is 0 Å². The van der Waals surface area contributed by atoms with Crippen LogP contribution in [0, 0.1) is 11.3 Å². The van der Waals surface area contributed by atoms with E-state index in [9.17, 15) is 9.90 Å². The maximum Gasteiger partial charge on any atom is 0.220 e. The highest BCUT2D eigenvalue weighted by Crippen LogP contribution is 2.25. The summed E-state index contributed by atoms with van der Waals surface area (Å²) in [7, 11) is 0. The van der Waals surface area contributed by atoms with E-state index in [1.807, 2.05) is 0 Å². The third-order valence-electron chi connectivity index (χ3n) is 2.65. The first-order chi connectivity index (χ1) is 7.61. The van der Waals surface area contributed by atoms with Crippen molar-refractivity contribution >= 4 is 5.91 Å². The molecule has 17 heavy (non-hydrogen) atoms. The number of carbonyl (C=O) groups is 1. The van der Waals surface area contributed by atoms with Crippen LogP contribution >= 0.6 is 0 Å². The number of nitrogens with one attached hydrogen (secondary N) is 1. The van der Waals surface area contributed by atoms with Gasteiger partial charge in [-0.2, -0.15) is 0 Å². The van der Waals surface area contributed by atoms with Crippen molar-refractivity contribution in [2.75, 3.05) is 6.54 Å². The van der Waals surface area contributed by atoms with Crippen LogP contribution in [0.25, 0.3) is 0 Å². The van der Waals surface area contributed by atoms with Crippen molar-refractivity contribution in [3.8, 4) is 0 Å². The molecule has 4 nitrogen and oxygen atoms in total. The summed E-state index contributed by atoms with van der Waals surface area (Å²) >= 11 is 0. The molecule has 1 amide bonds. The van der Waals surface area contributed by atoms with Crippen LogP contribution in [0.3, 0.4) is 0 Å². The fraction of sp³-hybridized carbons (Fsp3) is 0.923. The highest BCUT2D eigenvalue weighted by atomic mass is 16.3. The number of rotatable bonds is 6. The summed E-state index contributed by atoms with van der Waals surface area (Å²) in [6.45, 7) is 10.6. The Hall–Kier alpha value is -0.610. The van der Waals surface area contributed by atoms with Crippen molar-refractivity contribution in [1.82, 2.24) is 5.32 Å². The van der Waals surface area contributed by atoms with Crippen molar-refractivity contribution < 1.29 is 9.90 Å². The van der Waals surface area contributed by atoms with Crippen molar-refractivity contribution in [1.29, 1.82) is 0 Å². The van der Waals surface area contributed by atoms with Gasteiger partial charge in [0, 0.05) is 19.0 Å². The molecule has 0 aliphatic rings. The summed E-state index contributed by atoms with van der Waals surface area (Å²) in [5.41, 5.74) is 5.88. The Labute approximate surface area is 105 Å². The Balaban J connectivity index is 3.87. The highest BCUT2D eigenvalue weighted by Gasteiger charge is 2.18. The molecule has 0 saturated carbocycles. The number of amides is 1. The molecule has 0 radical (unpaired) electrons. The van der Waals surface area contributed by atoms with Gasteiger partial charge in [0.25, 0.3) is 0 Å². The highest BCUT2D eigenvalue weighted by molar-refractivity contribution is 5.76. The van der Waals surface area contributed by atoms with Crippen molar-refractivity contribution in [2.24, 2.45) is 17.1 Å². The zero-order valence-electron chi connectivity index (χ0n) is 11.8. The lowest BCUT2D eigenvalue weighted by Crippen LogP contribution is -2.43. The lowest BCUT2D eigenvalue weighted by atomic mass is 9.84. The summed E-state index contributed by atoms with van der Waals surface area (Å²) in [4.78, 5) is 11.6.